The van der Waals surface area contributed by atoms with Crippen molar-refractivity contribution >= 4 is 23.0 Å². The van der Waals surface area contributed by atoms with Crippen LogP contribution in [0.15, 0.2) is 42.5 Å². The molecule has 26 heavy (non-hydrogen) atoms. The Morgan fingerprint density at radius 2 is 1.88 bits per heavy atom. The summed E-state index contributed by atoms with van der Waals surface area (Å²) in [6, 6.07) is 12.7. The van der Waals surface area contributed by atoms with Crippen LogP contribution in [0.3, 0.4) is 0 Å². The summed E-state index contributed by atoms with van der Waals surface area (Å²) in [7, 11) is 3.27. The van der Waals surface area contributed by atoms with E-state index in [-0.39, 0.29) is 12.5 Å². The van der Waals surface area contributed by atoms with Crippen LogP contribution in [0, 0.1) is 6.92 Å². The Labute approximate surface area is 150 Å². The maximum absolute atomic E-state index is 12.4. The first-order valence-corrected chi connectivity index (χ1v) is 8.03. The molecule has 0 aliphatic carbocycles. The number of rotatable bonds is 4. The molecule has 0 bridgehead atoms. The van der Waals surface area contributed by atoms with Crippen molar-refractivity contribution in [3.8, 4) is 5.75 Å². The summed E-state index contributed by atoms with van der Waals surface area (Å²) >= 11 is 0. The van der Waals surface area contributed by atoms with Crippen LogP contribution in [0.5, 0.6) is 5.75 Å². The van der Waals surface area contributed by atoms with Crippen LogP contribution >= 0.6 is 0 Å². The van der Waals surface area contributed by atoms with Crippen LogP contribution in [-0.4, -0.2) is 45.7 Å². The molecule has 3 rings (SSSR count). The van der Waals surface area contributed by atoms with Gasteiger partial charge in [-0.1, -0.05) is 30.3 Å². The molecule has 0 radical (unpaired) electrons. The quantitative estimate of drug-likeness (QED) is 0.779. The van der Waals surface area contributed by atoms with E-state index >= 15 is 0 Å². The van der Waals surface area contributed by atoms with Gasteiger partial charge in [-0.05, 0) is 24.6 Å². The fraction of sp³-hybridized carbons (Fsp3) is 0.211. The second kappa shape index (κ2) is 6.87. The van der Waals surface area contributed by atoms with Crippen LogP contribution in [0.4, 0.5) is 4.79 Å². The zero-order chi connectivity index (χ0) is 18.8. The number of amides is 1. The number of carbonyl (C=O) groups excluding carboxylic acids is 1. The van der Waals surface area contributed by atoms with Gasteiger partial charge < -0.3 is 14.7 Å². The number of imidazole rings is 1. The molecule has 3 aromatic rings. The van der Waals surface area contributed by atoms with Gasteiger partial charge in [0.2, 0.25) is 0 Å². The highest BCUT2D eigenvalue weighted by molar-refractivity contribution is 6.00. The van der Waals surface area contributed by atoms with Gasteiger partial charge in [-0.3, -0.25) is 4.79 Å². The first-order chi connectivity index (χ1) is 12.4. The van der Waals surface area contributed by atoms with Crippen molar-refractivity contribution in [3.63, 3.8) is 0 Å². The number of nitrogens with zero attached hydrogens (tertiary/aromatic N) is 3. The van der Waals surface area contributed by atoms with Crippen molar-refractivity contribution in [2.45, 2.75) is 13.5 Å². The van der Waals surface area contributed by atoms with E-state index in [2.05, 4.69) is 4.98 Å². The fourth-order valence-corrected chi connectivity index (χ4v) is 2.73. The molecule has 134 valence electrons. The predicted octanol–water partition coefficient (Wildman–Crippen LogP) is 3.15. The third kappa shape index (κ3) is 3.23. The highest BCUT2D eigenvalue weighted by atomic mass is 16.5. The first kappa shape index (κ1) is 17.5. The van der Waals surface area contributed by atoms with Crippen molar-refractivity contribution in [2.24, 2.45) is 0 Å². The number of hydrogen-bond acceptors (Lipinski definition) is 4. The van der Waals surface area contributed by atoms with Gasteiger partial charge in [0.15, 0.2) is 0 Å². The zero-order valence-corrected chi connectivity index (χ0v) is 14.8. The van der Waals surface area contributed by atoms with E-state index in [0.717, 1.165) is 10.1 Å². The van der Waals surface area contributed by atoms with Crippen molar-refractivity contribution in [2.75, 3.05) is 14.1 Å². The summed E-state index contributed by atoms with van der Waals surface area (Å²) in [5.41, 5.74) is 2.04. The molecule has 1 amide bonds. The van der Waals surface area contributed by atoms with Gasteiger partial charge in [0.25, 0.3) is 5.91 Å². The maximum atomic E-state index is 12.4. The molecule has 0 saturated heterocycles. The first-order valence-electron chi connectivity index (χ1n) is 8.03. The molecule has 0 saturated carbocycles. The van der Waals surface area contributed by atoms with Gasteiger partial charge >= 0.3 is 6.09 Å². The van der Waals surface area contributed by atoms with Crippen LogP contribution < -0.4 is 4.74 Å². The summed E-state index contributed by atoms with van der Waals surface area (Å²) < 4.78 is 6.94. The predicted molar refractivity (Wildman–Crippen MR) is 96.7 cm³/mol. The minimum atomic E-state index is -1.16. The summed E-state index contributed by atoms with van der Waals surface area (Å²) in [5, 5.41) is 9.48. The number of hydrogen-bond donors (Lipinski definition) is 1. The second-order valence-corrected chi connectivity index (χ2v) is 6.09. The largest absolute Gasteiger partial charge is 0.487 e. The molecule has 0 spiro atoms. The van der Waals surface area contributed by atoms with Crippen LogP contribution in [0.25, 0.3) is 11.0 Å². The Hall–Kier alpha value is -3.35. The number of aryl methyl sites for hydroxylation is 1. The van der Waals surface area contributed by atoms with Gasteiger partial charge in [-0.25, -0.2) is 14.3 Å². The average Bonchev–Trinajstić information content (AvgIpc) is 2.95. The van der Waals surface area contributed by atoms with E-state index < -0.39 is 6.09 Å². The minimum absolute atomic E-state index is 0.243. The maximum Gasteiger partial charge on any atom is 0.417 e. The van der Waals surface area contributed by atoms with E-state index in [1.807, 2.05) is 30.3 Å². The Morgan fingerprint density at radius 1 is 1.19 bits per heavy atom. The Morgan fingerprint density at radius 3 is 2.50 bits per heavy atom. The molecule has 0 aliphatic rings. The Balaban J connectivity index is 2.11. The monoisotopic (exact) mass is 353 g/mol. The van der Waals surface area contributed by atoms with E-state index in [9.17, 15) is 14.7 Å². The van der Waals surface area contributed by atoms with E-state index in [1.54, 1.807) is 27.1 Å². The number of carboxylic acid groups (broad SMARTS) is 1. The number of ether oxygens (including phenoxy) is 1. The highest BCUT2D eigenvalue weighted by Crippen LogP contribution is 2.29. The summed E-state index contributed by atoms with van der Waals surface area (Å²) in [5.74, 6) is 0.443. The fourth-order valence-electron chi connectivity index (χ4n) is 2.73. The molecular weight excluding hydrogens is 334 g/mol. The van der Waals surface area contributed by atoms with Gasteiger partial charge in [0.1, 0.15) is 23.7 Å². The summed E-state index contributed by atoms with van der Waals surface area (Å²) in [6.45, 7) is 1.89. The molecule has 1 N–H and O–H groups in total. The van der Waals surface area contributed by atoms with Crippen molar-refractivity contribution in [3.05, 3.63) is 59.4 Å². The molecule has 0 aliphatic heterocycles. The molecule has 1 aromatic heterocycles. The molecule has 0 fully saturated rings. The second-order valence-electron chi connectivity index (χ2n) is 6.09. The summed E-state index contributed by atoms with van der Waals surface area (Å²) in [6.07, 6.45) is -1.16. The molecule has 1 heterocycles. The number of benzene rings is 2. The van der Waals surface area contributed by atoms with Gasteiger partial charge in [-0.2, -0.15) is 0 Å². The lowest BCUT2D eigenvalue weighted by Gasteiger charge is -2.13. The zero-order valence-electron chi connectivity index (χ0n) is 14.8. The van der Waals surface area contributed by atoms with Crippen molar-refractivity contribution in [1.29, 1.82) is 0 Å². The third-order valence-electron chi connectivity index (χ3n) is 3.97. The average molecular weight is 353 g/mol. The molecule has 0 atom stereocenters. The topological polar surface area (TPSA) is 84.7 Å². The minimum Gasteiger partial charge on any atom is -0.487 e. The molecule has 7 nitrogen and oxygen atoms in total. The lowest BCUT2D eigenvalue weighted by molar-refractivity contribution is 0.0827. The highest BCUT2D eigenvalue weighted by Gasteiger charge is 2.20. The van der Waals surface area contributed by atoms with Gasteiger partial charge in [-0.15, -0.1) is 0 Å². The molecule has 2 aromatic carbocycles. The third-order valence-corrected chi connectivity index (χ3v) is 3.97. The van der Waals surface area contributed by atoms with E-state index in [1.165, 1.54) is 11.0 Å². The SMILES string of the molecule is Cc1nc2c(OCc3ccccc3)cc(C(=O)N(C)C)cc2n1C(=O)O. The lowest BCUT2D eigenvalue weighted by atomic mass is 10.1. The lowest BCUT2D eigenvalue weighted by Crippen LogP contribution is -2.22. The standard InChI is InChI=1S/C19H19N3O4/c1-12-20-17-15(22(12)19(24)25)9-14(18(23)21(2)3)10-16(17)26-11-13-7-5-4-6-8-13/h4-10H,11H2,1-3H3,(H,24,25). The number of carbonyl (C=O) groups is 2. The van der Waals surface area contributed by atoms with Gasteiger partial charge in [0, 0.05) is 19.7 Å². The Kier molecular flexibility index (Phi) is 4.62. The van der Waals surface area contributed by atoms with Crippen LogP contribution in [0.1, 0.15) is 21.7 Å². The van der Waals surface area contributed by atoms with E-state index in [0.29, 0.717) is 28.2 Å². The van der Waals surface area contributed by atoms with Crippen LogP contribution in [0.2, 0.25) is 0 Å². The van der Waals surface area contributed by atoms with Crippen molar-refractivity contribution < 1.29 is 19.4 Å². The summed E-state index contributed by atoms with van der Waals surface area (Å²) in [4.78, 5) is 29.7. The van der Waals surface area contributed by atoms with Crippen LogP contribution in [-0.2, 0) is 6.61 Å². The van der Waals surface area contributed by atoms with E-state index in [4.69, 9.17) is 4.74 Å². The number of aromatic nitrogens is 2. The Bertz CT molecular complexity index is 977. The smallest absolute Gasteiger partial charge is 0.417 e. The number of fused-ring (bicyclic) bond motifs is 1. The normalized spacial score (nSPS) is 10.7. The molecule has 7 heteroatoms. The molecular formula is C19H19N3O4. The van der Waals surface area contributed by atoms with Crippen molar-refractivity contribution in [1.82, 2.24) is 14.5 Å². The molecule has 0 unspecified atom stereocenters. The van der Waals surface area contributed by atoms with Gasteiger partial charge in [0.05, 0.1) is 5.52 Å².